The van der Waals surface area contributed by atoms with E-state index >= 15 is 0 Å². The Morgan fingerprint density at radius 2 is 0.500 bits per heavy atom. The van der Waals surface area contributed by atoms with Crippen molar-refractivity contribution in [2.45, 2.75) is 458 Å². The molecule has 0 aromatic rings. The average molecular weight is 1490 g/mol. The second-order valence-electron chi connectivity index (χ2n) is 30.6. The van der Waals surface area contributed by atoms with Crippen LogP contribution < -0.4 is 0 Å². The number of carbonyl (C=O) groups excluding carboxylic acids is 4. The van der Waals surface area contributed by atoms with Crippen molar-refractivity contribution in [3.63, 3.8) is 0 Å². The van der Waals surface area contributed by atoms with Crippen molar-refractivity contribution >= 4 is 39.5 Å². The van der Waals surface area contributed by atoms with Gasteiger partial charge in [0.1, 0.15) is 19.3 Å². The Morgan fingerprint density at radius 3 is 0.745 bits per heavy atom. The molecule has 0 saturated heterocycles. The molecule has 0 rings (SSSR count). The van der Waals surface area contributed by atoms with Gasteiger partial charge in [-0.2, -0.15) is 0 Å². The van der Waals surface area contributed by atoms with Gasteiger partial charge in [0, 0.05) is 25.7 Å². The molecule has 0 aromatic carbocycles. The maximum atomic E-state index is 13.1. The third-order valence-corrected chi connectivity index (χ3v) is 21.7. The number of phosphoric acid groups is 2. The van der Waals surface area contributed by atoms with Gasteiger partial charge in [-0.1, -0.05) is 388 Å². The Labute approximate surface area is 626 Å². The highest BCUT2D eigenvalue weighted by atomic mass is 31.2. The molecule has 3 unspecified atom stereocenters. The van der Waals surface area contributed by atoms with Crippen LogP contribution in [0, 0.1) is 11.8 Å². The molecule has 0 bridgehead atoms. The first-order chi connectivity index (χ1) is 49.4. The van der Waals surface area contributed by atoms with Crippen molar-refractivity contribution in [2.75, 3.05) is 39.6 Å². The smallest absolute Gasteiger partial charge is 0.462 e. The summed E-state index contributed by atoms with van der Waals surface area (Å²) < 4.78 is 68.7. The van der Waals surface area contributed by atoms with E-state index in [0.717, 1.165) is 115 Å². The van der Waals surface area contributed by atoms with Crippen molar-refractivity contribution < 1.29 is 80.2 Å². The van der Waals surface area contributed by atoms with Gasteiger partial charge in [-0.05, 0) is 37.5 Å². The molecule has 0 aliphatic carbocycles. The SMILES string of the molecule is CCCCCCCCCCCCCCCCCCCCC(=O)O[C@H](COC(=O)CCCCCCCCC)COP(=O)(O)OC[C@H](O)COP(=O)(O)OC[C@@H](COC(=O)CCCCCCCCCCCCCCCCC(C)CC)OC(=O)CCCCCCCCCCCCCCCCCCC(C)C. The number of aliphatic hydroxyl groups excluding tert-OH is 1. The zero-order valence-corrected chi connectivity index (χ0v) is 68.7. The van der Waals surface area contributed by atoms with Crippen molar-refractivity contribution in [3.8, 4) is 0 Å². The molecular weight excluding hydrogens is 1330 g/mol. The summed E-state index contributed by atoms with van der Waals surface area (Å²) in [4.78, 5) is 73.0. The predicted octanol–water partition coefficient (Wildman–Crippen LogP) is 25.1. The molecule has 0 aromatic heterocycles. The highest BCUT2D eigenvalue weighted by molar-refractivity contribution is 7.47. The average Bonchev–Trinajstić information content (AvgIpc) is 0.916. The van der Waals surface area contributed by atoms with Gasteiger partial charge in [0.05, 0.1) is 26.4 Å². The van der Waals surface area contributed by atoms with Crippen LogP contribution in [0.3, 0.4) is 0 Å². The van der Waals surface area contributed by atoms with Crippen LogP contribution in [0.15, 0.2) is 0 Å². The van der Waals surface area contributed by atoms with Gasteiger partial charge in [-0.15, -0.1) is 0 Å². The Bertz CT molecular complexity index is 1960. The van der Waals surface area contributed by atoms with Crippen LogP contribution >= 0.6 is 15.6 Å². The number of ether oxygens (including phenoxy) is 4. The first-order valence-corrected chi connectivity index (χ1v) is 46.0. The summed E-state index contributed by atoms with van der Waals surface area (Å²) in [6.45, 7) is 9.70. The second-order valence-corrected chi connectivity index (χ2v) is 33.5. The summed E-state index contributed by atoms with van der Waals surface area (Å²) in [5.41, 5.74) is 0. The van der Waals surface area contributed by atoms with E-state index in [1.54, 1.807) is 0 Å². The van der Waals surface area contributed by atoms with Gasteiger partial charge in [-0.3, -0.25) is 37.3 Å². The van der Waals surface area contributed by atoms with E-state index in [4.69, 9.17) is 37.0 Å². The van der Waals surface area contributed by atoms with Crippen LogP contribution in [0.25, 0.3) is 0 Å². The molecule has 0 aliphatic rings. The third-order valence-electron chi connectivity index (χ3n) is 19.8. The zero-order valence-electron chi connectivity index (χ0n) is 66.9. The number of rotatable bonds is 82. The lowest BCUT2D eigenvalue weighted by molar-refractivity contribution is -0.161. The molecule has 17 nitrogen and oxygen atoms in total. The number of hydrogen-bond acceptors (Lipinski definition) is 15. The van der Waals surface area contributed by atoms with E-state index in [1.165, 1.54) is 244 Å². The lowest BCUT2D eigenvalue weighted by Crippen LogP contribution is -2.30. The summed E-state index contributed by atoms with van der Waals surface area (Å²) in [6.07, 6.45) is 65.3. The van der Waals surface area contributed by atoms with Gasteiger partial charge >= 0.3 is 39.5 Å². The highest BCUT2D eigenvalue weighted by Gasteiger charge is 2.30. The topological polar surface area (TPSA) is 237 Å². The lowest BCUT2D eigenvalue weighted by atomic mass is 9.99. The number of hydrogen-bond donors (Lipinski definition) is 3. The molecule has 0 fully saturated rings. The fourth-order valence-electron chi connectivity index (χ4n) is 12.9. The highest BCUT2D eigenvalue weighted by Crippen LogP contribution is 2.45. The standard InChI is InChI=1S/C83H162O17P2/c1-7-10-12-14-16-17-18-19-20-21-22-26-33-38-43-49-55-61-67-82(87)99-78(71-93-80(85)65-59-53-45-15-13-11-8-2)73-97-101(89,90)95-69-77(84)70-96-102(91,92)98-74-79(72-94-81(86)66-60-54-48-42-37-32-29-28-31-36-41-47-52-58-64-76(6)9-3)100-83(88)68-62-56-50-44-39-34-27-24-23-25-30-35-40-46-51-57-63-75(4)5/h75-79,84H,7-74H2,1-6H3,(H,89,90)(H,91,92)/t76?,77-,78+,79+/m0/s1. The molecule has 102 heavy (non-hydrogen) atoms. The fraction of sp³-hybridized carbons (Fsp3) is 0.952. The number of esters is 4. The summed E-state index contributed by atoms with van der Waals surface area (Å²) in [5.74, 6) is -0.451. The molecule has 0 saturated carbocycles. The molecule has 0 aliphatic heterocycles. The van der Waals surface area contributed by atoms with Crippen molar-refractivity contribution in [2.24, 2.45) is 11.8 Å². The quantitative estimate of drug-likeness (QED) is 0.0222. The molecule has 0 spiro atoms. The monoisotopic (exact) mass is 1490 g/mol. The summed E-state index contributed by atoms with van der Waals surface area (Å²) >= 11 is 0. The third kappa shape index (κ3) is 74.9. The Hall–Kier alpha value is -1.94. The maximum absolute atomic E-state index is 13.1. The number of aliphatic hydroxyl groups is 1. The van der Waals surface area contributed by atoms with E-state index in [-0.39, 0.29) is 25.7 Å². The van der Waals surface area contributed by atoms with E-state index in [1.807, 2.05) is 0 Å². The molecule has 19 heteroatoms. The Morgan fingerprint density at radius 1 is 0.284 bits per heavy atom. The molecule has 0 radical (unpaired) electrons. The minimum atomic E-state index is -4.96. The fourth-order valence-corrected chi connectivity index (χ4v) is 14.4. The van der Waals surface area contributed by atoms with Gasteiger partial charge < -0.3 is 33.8 Å². The van der Waals surface area contributed by atoms with Crippen molar-refractivity contribution in [1.29, 1.82) is 0 Å². The minimum Gasteiger partial charge on any atom is -0.462 e. The normalized spacial score (nSPS) is 14.1. The first-order valence-electron chi connectivity index (χ1n) is 43.0. The Kier molecular flexibility index (Phi) is 73.1. The molecule has 0 amide bonds. The van der Waals surface area contributed by atoms with Crippen LogP contribution in [-0.4, -0.2) is 96.7 Å². The first kappa shape index (κ1) is 100. The number of unbranched alkanes of at least 4 members (excludes halogenated alkanes) is 51. The lowest BCUT2D eigenvalue weighted by Gasteiger charge is -2.21. The van der Waals surface area contributed by atoms with Gasteiger partial charge in [0.2, 0.25) is 0 Å². The zero-order chi connectivity index (χ0) is 74.9. The maximum Gasteiger partial charge on any atom is 0.472 e. The summed E-state index contributed by atoms with van der Waals surface area (Å²) in [5, 5.41) is 10.6. The van der Waals surface area contributed by atoms with Crippen molar-refractivity contribution in [1.82, 2.24) is 0 Å². The number of carbonyl (C=O) groups is 4. The number of phosphoric ester groups is 2. The molecule has 3 N–H and O–H groups in total. The van der Waals surface area contributed by atoms with Gasteiger partial charge in [0.15, 0.2) is 12.2 Å². The van der Waals surface area contributed by atoms with Crippen LogP contribution in [0.4, 0.5) is 0 Å². The van der Waals surface area contributed by atoms with E-state index in [2.05, 4.69) is 41.5 Å². The van der Waals surface area contributed by atoms with Crippen LogP contribution in [0.1, 0.15) is 440 Å². The largest absolute Gasteiger partial charge is 0.472 e. The predicted molar refractivity (Wildman–Crippen MR) is 418 cm³/mol. The summed E-state index contributed by atoms with van der Waals surface area (Å²) in [6, 6.07) is 0. The minimum absolute atomic E-state index is 0.108. The molecular formula is C83H162O17P2. The van der Waals surface area contributed by atoms with Crippen molar-refractivity contribution in [3.05, 3.63) is 0 Å². The van der Waals surface area contributed by atoms with Gasteiger partial charge in [-0.25, -0.2) is 9.13 Å². The van der Waals surface area contributed by atoms with Crippen LogP contribution in [-0.2, 0) is 65.4 Å². The molecule has 606 valence electrons. The van der Waals surface area contributed by atoms with Crippen LogP contribution in [0.2, 0.25) is 0 Å². The summed E-state index contributed by atoms with van der Waals surface area (Å²) in [7, 11) is -9.92. The molecule has 6 atom stereocenters. The molecule has 0 heterocycles. The Balaban J connectivity index is 5.17. The van der Waals surface area contributed by atoms with Gasteiger partial charge in [0.25, 0.3) is 0 Å². The van der Waals surface area contributed by atoms with E-state index in [9.17, 15) is 43.2 Å². The van der Waals surface area contributed by atoms with E-state index < -0.39 is 97.5 Å². The second kappa shape index (κ2) is 74.5. The van der Waals surface area contributed by atoms with E-state index in [0.29, 0.717) is 25.7 Å². The van der Waals surface area contributed by atoms with Crippen LogP contribution in [0.5, 0.6) is 0 Å².